The van der Waals surface area contributed by atoms with Crippen molar-refractivity contribution in [1.29, 1.82) is 0 Å². The van der Waals surface area contributed by atoms with Gasteiger partial charge in [-0.05, 0) is 44.5 Å². The second kappa shape index (κ2) is 6.31. The van der Waals surface area contributed by atoms with E-state index in [0.29, 0.717) is 5.88 Å². The lowest BCUT2D eigenvalue weighted by atomic mass is 9.80. The van der Waals surface area contributed by atoms with Gasteiger partial charge in [0.05, 0.1) is 17.0 Å². The van der Waals surface area contributed by atoms with Crippen molar-refractivity contribution >= 4 is 22.5 Å². The molecule has 2 saturated heterocycles. The van der Waals surface area contributed by atoms with E-state index >= 15 is 0 Å². The summed E-state index contributed by atoms with van der Waals surface area (Å²) in [4.78, 5) is 19.2. The molecular formula is C21H23N5O2. The van der Waals surface area contributed by atoms with Gasteiger partial charge < -0.3 is 15.0 Å². The van der Waals surface area contributed by atoms with Crippen LogP contribution in [0.25, 0.3) is 22.2 Å². The summed E-state index contributed by atoms with van der Waals surface area (Å²) in [6.45, 7) is 6.29. The maximum Gasteiger partial charge on any atom is 0.235 e. The fraction of sp³-hybridized carbons (Fsp3) is 0.381. The molecule has 1 aromatic carbocycles. The molecule has 2 aliphatic heterocycles. The highest BCUT2D eigenvalue weighted by molar-refractivity contribution is 6.03. The van der Waals surface area contributed by atoms with Gasteiger partial charge >= 0.3 is 0 Å². The molecule has 144 valence electrons. The van der Waals surface area contributed by atoms with Gasteiger partial charge in [0.25, 0.3) is 0 Å². The number of amides is 1. The predicted octanol–water partition coefficient (Wildman–Crippen LogP) is 2.74. The zero-order chi connectivity index (χ0) is 19.3. The number of rotatable bonds is 4. The lowest BCUT2D eigenvalue weighted by Crippen LogP contribution is -2.57. The van der Waals surface area contributed by atoms with Crippen LogP contribution >= 0.6 is 0 Å². The number of carbonyl (C=O) groups excluding carboxylic acids is 1. The first-order chi connectivity index (χ1) is 13.6. The molecule has 3 aromatic rings. The van der Waals surface area contributed by atoms with Gasteiger partial charge in [0, 0.05) is 48.5 Å². The van der Waals surface area contributed by atoms with Gasteiger partial charge in [-0.2, -0.15) is 5.10 Å². The van der Waals surface area contributed by atoms with Crippen LogP contribution in [0.3, 0.4) is 0 Å². The fourth-order valence-electron chi connectivity index (χ4n) is 4.04. The first kappa shape index (κ1) is 17.2. The zero-order valence-corrected chi connectivity index (χ0v) is 16.0. The number of H-pyrrole nitrogens is 1. The Kier molecular flexibility index (Phi) is 3.87. The van der Waals surface area contributed by atoms with E-state index in [4.69, 9.17) is 4.74 Å². The number of hydrogen-bond donors (Lipinski definition) is 2. The molecule has 0 bridgehead atoms. The molecular weight excluding hydrogens is 354 g/mol. The molecule has 28 heavy (non-hydrogen) atoms. The fourth-order valence-corrected chi connectivity index (χ4v) is 4.04. The molecule has 0 aliphatic carbocycles. The second-order valence-electron chi connectivity index (χ2n) is 7.94. The monoisotopic (exact) mass is 377 g/mol. The maximum absolute atomic E-state index is 12.9. The highest BCUT2D eigenvalue weighted by atomic mass is 16.5. The second-order valence-corrected chi connectivity index (χ2v) is 7.94. The van der Waals surface area contributed by atoms with Crippen LogP contribution in [0.4, 0.5) is 5.69 Å². The summed E-state index contributed by atoms with van der Waals surface area (Å²) < 4.78 is 5.62. The van der Waals surface area contributed by atoms with Crippen molar-refractivity contribution < 1.29 is 9.53 Å². The molecule has 7 heteroatoms. The van der Waals surface area contributed by atoms with E-state index in [9.17, 15) is 4.79 Å². The minimum Gasteiger partial charge on any atom is -0.475 e. The van der Waals surface area contributed by atoms with Gasteiger partial charge in [-0.3, -0.25) is 9.89 Å². The van der Waals surface area contributed by atoms with Crippen LogP contribution < -0.4 is 15.0 Å². The van der Waals surface area contributed by atoms with Crippen molar-refractivity contribution in [2.45, 2.75) is 26.4 Å². The van der Waals surface area contributed by atoms with Crippen molar-refractivity contribution in [3.8, 4) is 17.1 Å². The van der Waals surface area contributed by atoms with Crippen LogP contribution in [0, 0.1) is 5.41 Å². The van der Waals surface area contributed by atoms with E-state index < -0.39 is 0 Å². The van der Waals surface area contributed by atoms with E-state index in [-0.39, 0.29) is 17.4 Å². The van der Waals surface area contributed by atoms with Gasteiger partial charge in [-0.1, -0.05) is 0 Å². The van der Waals surface area contributed by atoms with Gasteiger partial charge in [0.15, 0.2) is 0 Å². The molecule has 7 nitrogen and oxygen atoms in total. The number of hydrogen-bond acceptors (Lipinski definition) is 5. The Labute approximate surface area is 163 Å². The SMILES string of the molecule is CC(C)Oc1ccc(-c2n[nH]c3ccc(N4CCC5(CNC5)C4=O)cc23)cn1. The quantitative estimate of drug-likeness (QED) is 0.730. The number of nitrogens with one attached hydrogen (secondary N) is 2. The van der Waals surface area contributed by atoms with Crippen molar-refractivity contribution in [3.63, 3.8) is 0 Å². The number of nitrogens with zero attached hydrogens (tertiary/aromatic N) is 3. The van der Waals surface area contributed by atoms with Crippen LogP contribution in [0.2, 0.25) is 0 Å². The number of ether oxygens (including phenoxy) is 1. The number of aromatic amines is 1. The largest absolute Gasteiger partial charge is 0.475 e. The Bertz CT molecular complexity index is 1040. The zero-order valence-electron chi connectivity index (χ0n) is 16.0. The minimum absolute atomic E-state index is 0.0827. The van der Waals surface area contributed by atoms with Crippen molar-refractivity contribution in [3.05, 3.63) is 36.5 Å². The average Bonchev–Trinajstić information content (AvgIpc) is 3.22. The van der Waals surface area contributed by atoms with E-state index in [1.807, 2.05) is 43.0 Å². The highest BCUT2D eigenvalue weighted by Gasteiger charge is 2.51. The first-order valence-corrected chi connectivity index (χ1v) is 9.70. The summed E-state index contributed by atoms with van der Waals surface area (Å²) in [5.41, 5.74) is 3.41. The molecule has 2 aromatic heterocycles. The van der Waals surface area contributed by atoms with Crippen molar-refractivity contribution in [1.82, 2.24) is 20.5 Å². The number of carbonyl (C=O) groups is 1. The number of benzene rings is 1. The Morgan fingerprint density at radius 3 is 2.71 bits per heavy atom. The van der Waals surface area contributed by atoms with Crippen LogP contribution in [0.5, 0.6) is 5.88 Å². The number of pyridine rings is 1. The van der Waals surface area contributed by atoms with E-state index in [1.54, 1.807) is 6.20 Å². The highest BCUT2D eigenvalue weighted by Crippen LogP contribution is 2.39. The molecule has 2 N–H and O–H groups in total. The van der Waals surface area contributed by atoms with Crippen LogP contribution in [-0.4, -0.2) is 46.8 Å². The van der Waals surface area contributed by atoms with Crippen molar-refractivity contribution in [2.75, 3.05) is 24.5 Å². The van der Waals surface area contributed by atoms with Gasteiger partial charge in [-0.25, -0.2) is 4.98 Å². The molecule has 0 unspecified atom stereocenters. The van der Waals surface area contributed by atoms with E-state index in [2.05, 4.69) is 26.6 Å². The molecule has 0 atom stereocenters. The third-order valence-corrected chi connectivity index (χ3v) is 5.66. The lowest BCUT2D eigenvalue weighted by molar-refractivity contribution is -0.127. The summed E-state index contributed by atoms with van der Waals surface area (Å²) in [5, 5.41) is 11.8. The van der Waals surface area contributed by atoms with Gasteiger partial charge in [0.2, 0.25) is 11.8 Å². The molecule has 1 amide bonds. The summed E-state index contributed by atoms with van der Waals surface area (Å²) in [7, 11) is 0. The maximum atomic E-state index is 12.9. The van der Waals surface area contributed by atoms with Gasteiger partial charge in [-0.15, -0.1) is 0 Å². The summed E-state index contributed by atoms with van der Waals surface area (Å²) >= 11 is 0. The molecule has 4 heterocycles. The minimum atomic E-state index is -0.190. The van der Waals surface area contributed by atoms with Crippen LogP contribution in [-0.2, 0) is 4.79 Å². The molecule has 2 fully saturated rings. The first-order valence-electron chi connectivity index (χ1n) is 9.70. The average molecular weight is 377 g/mol. The smallest absolute Gasteiger partial charge is 0.235 e. The number of fused-ring (bicyclic) bond motifs is 1. The topological polar surface area (TPSA) is 83.1 Å². The Morgan fingerprint density at radius 1 is 1.21 bits per heavy atom. The molecule has 0 saturated carbocycles. The Balaban J connectivity index is 1.48. The summed E-state index contributed by atoms with van der Waals surface area (Å²) in [6, 6.07) is 9.85. The number of anilines is 1. The summed E-state index contributed by atoms with van der Waals surface area (Å²) in [6.07, 6.45) is 2.77. The third kappa shape index (κ3) is 2.65. The molecule has 5 rings (SSSR count). The number of aromatic nitrogens is 3. The lowest BCUT2D eigenvalue weighted by Gasteiger charge is -2.37. The normalized spacial score (nSPS) is 18.2. The van der Waals surface area contributed by atoms with Crippen molar-refractivity contribution in [2.24, 2.45) is 5.41 Å². The Morgan fingerprint density at radius 2 is 2.07 bits per heavy atom. The molecule has 2 aliphatic rings. The van der Waals surface area contributed by atoms with E-state index in [0.717, 1.165) is 53.9 Å². The Hall–Kier alpha value is -2.93. The van der Waals surface area contributed by atoms with Crippen LogP contribution in [0.15, 0.2) is 36.5 Å². The molecule has 0 radical (unpaired) electrons. The van der Waals surface area contributed by atoms with Crippen LogP contribution in [0.1, 0.15) is 20.3 Å². The molecule has 1 spiro atoms. The standard InChI is InChI=1S/C21H23N5O2/c1-13(2)28-18-6-3-14(10-23-18)19-16-9-15(4-5-17(16)24-25-19)26-8-7-21(20(26)27)11-22-12-21/h3-6,9-10,13,22H,7-8,11-12H2,1-2H3,(H,24,25). The third-order valence-electron chi connectivity index (χ3n) is 5.66. The van der Waals surface area contributed by atoms with Gasteiger partial charge in [0.1, 0.15) is 5.69 Å². The van der Waals surface area contributed by atoms with E-state index in [1.165, 1.54) is 0 Å². The predicted molar refractivity (Wildman–Crippen MR) is 107 cm³/mol. The summed E-state index contributed by atoms with van der Waals surface area (Å²) in [5.74, 6) is 0.828.